The molecule has 30 heavy (non-hydrogen) atoms. The van der Waals surface area contributed by atoms with E-state index in [9.17, 15) is 13.6 Å². The van der Waals surface area contributed by atoms with Crippen LogP contribution < -0.4 is 10.1 Å². The molecule has 5 nitrogen and oxygen atoms in total. The van der Waals surface area contributed by atoms with E-state index in [1.165, 1.54) is 11.3 Å². The molecule has 1 amide bonds. The first-order chi connectivity index (χ1) is 14.2. The van der Waals surface area contributed by atoms with Crippen LogP contribution in [0.5, 0.6) is 5.19 Å². The molecule has 2 aliphatic rings. The first kappa shape index (κ1) is 23.1. The van der Waals surface area contributed by atoms with Crippen LogP contribution in [0.1, 0.15) is 63.4 Å². The first-order valence-electron chi connectivity index (χ1n) is 10.8. The van der Waals surface area contributed by atoms with Crippen LogP contribution >= 0.6 is 11.3 Å². The lowest BCUT2D eigenvalue weighted by atomic mass is 9.84. The number of rotatable bonds is 8. The van der Waals surface area contributed by atoms with Crippen LogP contribution in [0.2, 0.25) is 0 Å². The number of carbonyl (C=O) groups is 1. The molecule has 1 aliphatic carbocycles. The normalized spacial score (nSPS) is 22.3. The molecule has 1 aliphatic heterocycles. The van der Waals surface area contributed by atoms with Crippen molar-refractivity contribution >= 4 is 17.2 Å². The van der Waals surface area contributed by atoms with E-state index in [0.717, 1.165) is 81.2 Å². The standard InChI is InChI=1S/C22H33F2N3O2S/c1-15(2)12-20(28)25-17-6-4-16(5-7-17)8-10-27-11-9-19-18(13-27)26-21(30-19)29-14-22(3,23)24/h12,16-17H,4-11,13-14H2,1-3H3,(H,25,28). The smallest absolute Gasteiger partial charge is 0.278 e. The van der Waals surface area contributed by atoms with Gasteiger partial charge < -0.3 is 10.1 Å². The summed E-state index contributed by atoms with van der Waals surface area (Å²) in [5, 5.41) is 3.48. The molecule has 1 N–H and O–H groups in total. The Labute approximate surface area is 181 Å². The Morgan fingerprint density at radius 2 is 2.07 bits per heavy atom. The van der Waals surface area contributed by atoms with E-state index >= 15 is 0 Å². The predicted octanol–water partition coefficient (Wildman–Crippen LogP) is 4.57. The molecule has 0 unspecified atom stereocenters. The molecule has 8 heteroatoms. The third-order valence-electron chi connectivity index (χ3n) is 5.70. The van der Waals surface area contributed by atoms with Gasteiger partial charge in [0.1, 0.15) is 0 Å². The minimum Gasteiger partial charge on any atom is -0.464 e. The van der Waals surface area contributed by atoms with E-state index in [4.69, 9.17) is 4.74 Å². The number of aromatic nitrogens is 1. The maximum Gasteiger partial charge on any atom is 0.278 e. The molecular formula is C22H33F2N3O2S. The number of hydrogen-bond acceptors (Lipinski definition) is 5. The van der Waals surface area contributed by atoms with E-state index in [1.807, 2.05) is 13.8 Å². The van der Waals surface area contributed by atoms with Crippen molar-refractivity contribution in [2.45, 2.75) is 77.8 Å². The largest absolute Gasteiger partial charge is 0.464 e. The van der Waals surface area contributed by atoms with Crippen molar-refractivity contribution in [3.8, 4) is 5.19 Å². The van der Waals surface area contributed by atoms with Gasteiger partial charge >= 0.3 is 0 Å². The van der Waals surface area contributed by atoms with Gasteiger partial charge in [0.25, 0.3) is 11.1 Å². The summed E-state index contributed by atoms with van der Waals surface area (Å²) in [6.45, 7) is 6.87. The van der Waals surface area contributed by atoms with Gasteiger partial charge in [-0.05, 0) is 64.8 Å². The number of alkyl halides is 2. The number of hydrogen-bond donors (Lipinski definition) is 1. The van der Waals surface area contributed by atoms with Gasteiger partial charge in [0.15, 0.2) is 6.61 Å². The molecule has 1 saturated carbocycles. The number of fused-ring (bicyclic) bond motifs is 1. The summed E-state index contributed by atoms with van der Waals surface area (Å²) in [7, 11) is 0. The molecule has 2 heterocycles. The van der Waals surface area contributed by atoms with Crippen molar-refractivity contribution in [1.82, 2.24) is 15.2 Å². The van der Waals surface area contributed by atoms with Crippen molar-refractivity contribution in [3.05, 3.63) is 22.2 Å². The number of nitrogens with one attached hydrogen (secondary N) is 1. The van der Waals surface area contributed by atoms with Crippen LogP contribution in [0, 0.1) is 5.92 Å². The van der Waals surface area contributed by atoms with Gasteiger partial charge in [0, 0.05) is 37.0 Å². The zero-order valence-electron chi connectivity index (χ0n) is 18.2. The Balaban J connectivity index is 1.38. The van der Waals surface area contributed by atoms with Gasteiger partial charge in [-0.3, -0.25) is 9.69 Å². The first-order valence-corrected chi connectivity index (χ1v) is 11.7. The molecule has 0 spiro atoms. The number of nitrogens with zero attached hydrogens (tertiary/aromatic N) is 2. The topological polar surface area (TPSA) is 54.5 Å². The maximum absolute atomic E-state index is 13.0. The van der Waals surface area contributed by atoms with Crippen LogP contribution in [-0.4, -0.2) is 47.5 Å². The van der Waals surface area contributed by atoms with Gasteiger partial charge in [0.05, 0.1) is 5.69 Å². The number of carbonyl (C=O) groups excluding carboxylic acids is 1. The molecular weight excluding hydrogens is 408 g/mol. The Bertz CT molecular complexity index is 748. The lowest BCUT2D eigenvalue weighted by Gasteiger charge is -2.31. The zero-order valence-corrected chi connectivity index (χ0v) is 19.0. The van der Waals surface area contributed by atoms with Crippen LogP contribution in [0.15, 0.2) is 11.6 Å². The molecule has 0 saturated heterocycles. The minimum absolute atomic E-state index is 0.0249. The van der Waals surface area contributed by atoms with Gasteiger partial charge in [-0.25, -0.2) is 13.8 Å². The number of thiazole rings is 1. The lowest BCUT2D eigenvalue weighted by Crippen LogP contribution is -2.37. The molecule has 0 bridgehead atoms. The minimum atomic E-state index is -2.84. The lowest BCUT2D eigenvalue weighted by molar-refractivity contribution is -0.117. The van der Waals surface area contributed by atoms with E-state index in [0.29, 0.717) is 17.2 Å². The average molecular weight is 442 g/mol. The zero-order chi connectivity index (χ0) is 21.7. The van der Waals surface area contributed by atoms with E-state index in [2.05, 4.69) is 15.2 Å². The third kappa shape index (κ3) is 7.30. The molecule has 1 aromatic heterocycles. The van der Waals surface area contributed by atoms with Crippen LogP contribution in [-0.2, 0) is 17.8 Å². The second kappa shape index (κ2) is 10.2. The fourth-order valence-corrected chi connectivity index (χ4v) is 5.04. The average Bonchev–Trinajstić information content (AvgIpc) is 3.07. The van der Waals surface area contributed by atoms with E-state index in [-0.39, 0.29) is 5.91 Å². The highest BCUT2D eigenvalue weighted by atomic mass is 32.1. The number of ether oxygens (including phenoxy) is 1. The van der Waals surface area contributed by atoms with Crippen molar-refractivity contribution in [2.75, 3.05) is 19.7 Å². The highest BCUT2D eigenvalue weighted by molar-refractivity contribution is 7.13. The van der Waals surface area contributed by atoms with Gasteiger partial charge in [-0.1, -0.05) is 16.9 Å². The summed E-state index contributed by atoms with van der Waals surface area (Å²) >= 11 is 1.40. The van der Waals surface area contributed by atoms with Crippen LogP contribution in [0.4, 0.5) is 8.78 Å². The highest BCUT2D eigenvalue weighted by Crippen LogP contribution is 2.32. The summed E-state index contributed by atoms with van der Waals surface area (Å²) in [5.41, 5.74) is 2.00. The maximum atomic E-state index is 13.0. The molecule has 0 radical (unpaired) electrons. The summed E-state index contributed by atoms with van der Waals surface area (Å²) in [6.07, 6.45) is 8.12. The Morgan fingerprint density at radius 1 is 1.33 bits per heavy atom. The Kier molecular flexibility index (Phi) is 7.85. The summed E-state index contributed by atoms with van der Waals surface area (Å²) in [6, 6.07) is 0.297. The third-order valence-corrected chi connectivity index (χ3v) is 6.77. The van der Waals surface area contributed by atoms with Crippen LogP contribution in [0.25, 0.3) is 0 Å². The van der Waals surface area contributed by atoms with Gasteiger partial charge in [-0.15, -0.1) is 0 Å². The predicted molar refractivity (Wildman–Crippen MR) is 115 cm³/mol. The summed E-state index contributed by atoms with van der Waals surface area (Å²) in [5.74, 6) is -2.12. The van der Waals surface area contributed by atoms with Crippen molar-refractivity contribution in [2.24, 2.45) is 5.92 Å². The second-order valence-corrected chi connectivity index (χ2v) is 10.0. The second-order valence-electron chi connectivity index (χ2n) is 8.97. The van der Waals surface area contributed by atoms with Crippen molar-refractivity contribution in [3.63, 3.8) is 0 Å². The number of allylic oxidation sites excluding steroid dienone is 1. The summed E-state index contributed by atoms with van der Waals surface area (Å²) in [4.78, 5) is 19.9. The fraction of sp³-hybridized carbons (Fsp3) is 0.727. The van der Waals surface area contributed by atoms with Crippen LogP contribution in [0.3, 0.4) is 0 Å². The molecule has 0 aromatic carbocycles. The van der Waals surface area contributed by atoms with Gasteiger partial charge in [0.2, 0.25) is 5.91 Å². The summed E-state index contributed by atoms with van der Waals surface area (Å²) < 4.78 is 31.2. The molecule has 1 fully saturated rings. The monoisotopic (exact) mass is 441 g/mol. The highest BCUT2D eigenvalue weighted by Gasteiger charge is 2.27. The van der Waals surface area contributed by atoms with E-state index < -0.39 is 12.5 Å². The Hall–Kier alpha value is -1.54. The molecule has 168 valence electrons. The number of halogens is 2. The fourth-order valence-electron chi connectivity index (χ4n) is 4.14. The molecule has 1 aromatic rings. The quantitative estimate of drug-likeness (QED) is 0.601. The van der Waals surface area contributed by atoms with E-state index in [1.54, 1.807) is 6.08 Å². The SMILES string of the molecule is CC(C)=CC(=O)NC1CCC(CCN2CCc3sc(OCC(C)(F)F)nc3C2)CC1. The van der Waals surface area contributed by atoms with Gasteiger partial charge in [-0.2, -0.15) is 0 Å². The van der Waals surface area contributed by atoms with Crippen molar-refractivity contribution < 1.29 is 18.3 Å². The van der Waals surface area contributed by atoms with Crippen molar-refractivity contribution in [1.29, 1.82) is 0 Å². The molecule has 0 atom stereocenters. The Morgan fingerprint density at radius 3 is 2.73 bits per heavy atom. The molecule has 3 rings (SSSR count). The number of amides is 1.